The van der Waals surface area contributed by atoms with Crippen LogP contribution in [0.2, 0.25) is 0 Å². The second-order valence-corrected chi connectivity index (χ2v) is 14.9. The summed E-state index contributed by atoms with van der Waals surface area (Å²) in [5, 5.41) is 4.24. The van der Waals surface area contributed by atoms with E-state index in [1.165, 1.54) is 25.2 Å². The first-order valence-corrected chi connectivity index (χ1v) is 17.6. The van der Waals surface area contributed by atoms with Crippen molar-refractivity contribution in [3.63, 3.8) is 0 Å². The van der Waals surface area contributed by atoms with Crippen LogP contribution in [0.1, 0.15) is 57.6 Å². The van der Waals surface area contributed by atoms with Crippen LogP contribution in [-0.2, 0) is 19.4 Å². The molecular weight excluding hydrogens is 601 g/mol. The number of nitrogens with one attached hydrogen (secondary N) is 1. The monoisotopic (exact) mass is 649 g/mol. The summed E-state index contributed by atoms with van der Waals surface area (Å²) in [7, 11) is 1.51. The molecule has 252 valence electrons. The number of nitrogens with zero attached hydrogens (tertiary/aromatic N) is 4. The van der Waals surface area contributed by atoms with Crippen LogP contribution in [0.3, 0.4) is 0 Å². The highest BCUT2D eigenvalue weighted by molar-refractivity contribution is 5.96. The normalized spacial score (nSPS) is 23.9. The lowest BCUT2D eigenvalue weighted by molar-refractivity contribution is -0.108. The predicted octanol–water partition coefficient (Wildman–Crippen LogP) is 7.58. The zero-order valence-electron chi connectivity index (χ0n) is 28.7. The standard InChI is InChI=1S/C40H48FN5O2/c1-26-34-21-30(40(34,2)3)22-36(26)44-39(45-17-14-28(15-18-45)20-27-8-6-5-7-9-27)43-31-11-13-33-37(23-31)42-25-46(38(33)47)19-16-29-10-12-32(48-4)24-35(29)41/h5-13,23-26,28,30,34,36H,14-22H2,1-4H3,(H,43,44)/t26-,30-,34-,36?/m1/s1. The summed E-state index contributed by atoms with van der Waals surface area (Å²) in [4.78, 5) is 26.0. The summed E-state index contributed by atoms with van der Waals surface area (Å²) in [5.74, 6) is 3.74. The first-order chi connectivity index (χ1) is 23.2. The van der Waals surface area contributed by atoms with E-state index in [9.17, 15) is 9.18 Å². The van der Waals surface area contributed by atoms with Crippen LogP contribution in [0.15, 0.2) is 82.8 Å². The molecule has 7 nitrogen and oxygen atoms in total. The molecule has 4 atom stereocenters. The molecule has 4 aromatic rings. The Hall–Kier alpha value is -4.20. The number of aromatic nitrogens is 2. The van der Waals surface area contributed by atoms with Crippen LogP contribution in [0.5, 0.6) is 5.75 Å². The summed E-state index contributed by atoms with van der Waals surface area (Å²) in [6, 6.07) is 21.7. The number of guanidine groups is 1. The molecule has 8 heteroatoms. The van der Waals surface area contributed by atoms with Crippen molar-refractivity contribution in [3.8, 4) is 5.75 Å². The molecule has 2 heterocycles. The Balaban J connectivity index is 1.09. The van der Waals surface area contributed by atoms with E-state index in [-0.39, 0.29) is 11.4 Å². The highest BCUT2D eigenvalue weighted by atomic mass is 19.1. The molecular formula is C40H48FN5O2. The summed E-state index contributed by atoms with van der Waals surface area (Å²) in [6.45, 7) is 9.54. The molecule has 0 spiro atoms. The van der Waals surface area contributed by atoms with E-state index < -0.39 is 0 Å². The van der Waals surface area contributed by atoms with Gasteiger partial charge in [0.05, 0.1) is 30.4 Å². The molecule has 4 aliphatic rings. The zero-order chi connectivity index (χ0) is 33.4. The lowest BCUT2D eigenvalue weighted by Gasteiger charge is -2.61. The molecule has 1 aromatic heterocycles. The van der Waals surface area contributed by atoms with E-state index in [0.717, 1.165) is 62.3 Å². The maximum Gasteiger partial charge on any atom is 0.261 e. The van der Waals surface area contributed by atoms with Crippen LogP contribution in [0.25, 0.3) is 10.9 Å². The molecule has 3 aliphatic carbocycles. The topological polar surface area (TPSA) is 71.8 Å². The number of rotatable bonds is 8. The molecule has 3 aromatic carbocycles. The first kappa shape index (κ1) is 32.4. The van der Waals surface area contributed by atoms with Gasteiger partial charge >= 0.3 is 0 Å². The van der Waals surface area contributed by atoms with Crippen LogP contribution >= 0.6 is 0 Å². The molecule has 0 amide bonds. The summed E-state index contributed by atoms with van der Waals surface area (Å²) in [5.41, 5.74) is 3.74. The van der Waals surface area contributed by atoms with Crippen molar-refractivity contribution in [2.24, 2.45) is 34.1 Å². The predicted molar refractivity (Wildman–Crippen MR) is 191 cm³/mol. The minimum atomic E-state index is -0.340. The molecule has 3 saturated carbocycles. The number of ether oxygens (including phenoxy) is 1. The Morgan fingerprint density at radius 3 is 2.56 bits per heavy atom. The van der Waals surface area contributed by atoms with Crippen LogP contribution in [0.4, 0.5) is 10.1 Å². The van der Waals surface area contributed by atoms with Crippen molar-refractivity contribution in [1.82, 2.24) is 14.5 Å². The Morgan fingerprint density at radius 1 is 1.06 bits per heavy atom. The quantitative estimate of drug-likeness (QED) is 0.157. The third-order valence-corrected chi connectivity index (χ3v) is 11.8. The number of benzene rings is 3. The van der Waals surface area contributed by atoms with E-state index in [4.69, 9.17) is 9.73 Å². The number of halogens is 1. The maximum absolute atomic E-state index is 14.5. The summed E-state index contributed by atoms with van der Waals surface area (Å²) in [6.07, 6.45) is 7.80. The number of aryl methyl sites for hydroxylation is 2. The van der Waals surface area contributed by atoms with E-state index in [1.54, 1.807) is 23.0 Å². The Labute approximate surface area is 283 Å². The SMILES string of the molecule is COc1ccc(CCn2cnc3cc(NC(=NC4C[C@H]5C[C@H]([C@H]4C)C5(C)C)N4CCC(Cc5ccccc5)CC4)ccc3c2=O)c(F)c1. The van der Waals surface area contributed by atoms with Gasteiger partial charge in [-0.15, -0.1) is 0 Å². The van der Waals surface area contributed by atoms with Gasteiger partial charge in [-0.2, -0.15) is 0 Å². The second-order valence-electron chi connectivity index (χ2n) is 14.9. The van der Waals surface area contributed by atoms with Crippen LogP contribution in [0, 0.1) is 34.9 Å². The van der Waals surface area contributed by atoms with Crippen LogP contribution < -0.4 is 15.6 Å². The minimum absolute atomic E-state index is 0.132. The van der Waals surface area contributed by atoms with Gasteiger partial charge in [-0.25, -0.2) is 14.4 Å². The minimum Gasteiger partial charge on any atom is -0.497 e. The van der Waals surface area contributed by atoms with Gasteiger partial charge in [0, 0.05) is 31.4 Å². The number of hydrogen-bond donors (Lipinski definition) is 1. The fourth-order valence-electron chi connectivity index (χ4n) is 8.56. The van der Waals surface area contributed by atoms with Gasteiger partial charge in [0.1, 0.15) is 11.6 Å². The molecule has 1 unspecified atom stereocenters. The average Bonchev–Trinajstić information content (AvgIpc) is 3.09. The molecule has 48 heavy (non-hydrogen) atoms. The van der Waals surface area contributed by atoms with Crippen molar-refractivity contribution in [3.05, 3.63) is 100 Å². The van der Waals surface area contributed by atoms with E-state index in [2.05, 4.69) is 66.3 Å². The van der Waals surface area contributed by atoms with Crippen molar-refractivity contribution < 1.29 is 9.13 Å². The van der Waals surface area contributed by atoms with Crippen molar-refractivity contribution >= 4 is 22.5 Å². The largest absolute Gasteiger partial charge is 0.497 e. The first-order valence-electron chi connectivity index (χ1n) is 17.6. The third kappa shape index (κ3) is 6.46. The smallest absolute Gasteiger partial charge is 0.261 e. The third-order valence-electron chi connectivity index (χ3n) is 11.8. The number of anilines is 1. The van der Waals surface area contributed by atoms with Gasteiger partial charge < -0.3 is 15.0 Å². The number of methoxy groups -OCH3 is 1. The lowest BCUT2D eigenvalue weighted by atomic mass is 9.45. The number of fused-ring (bicyclic) bond motifs is 3. The van der Waals surface area contributed by atoms with Gasteiger partial charge in [-0.05, 0) is 103 Å². The van der Waals surface area contributed by atoms with Crippen molar-refractivity contribution in [1.29, 1.82) is 0 Å². The van der Waals surface area contributed by atoms with Crippen molar-refractivity contribution in [2.45, 2.75) is 71.9 Å². The Morgan fingerprint density at radius 2 is 1.85 bits per heavy atom. The maximum atomic E-state index is 14.5. The molecule has 1 aliphatic heterocycles. The number of piperidine rings is 1. The molecule has 4 fully saturated rings. The second kappa shape index (κ2) is 13.4. The molecule has 2 bridgehead atoms. The van der Waals surface area contributed by atoms with E-state index in [1.807, 2.05) is 18.2 Å². The number of aliphatic imine (C=N–C) groups is 1. The Kier molecular flexibility index (Phi) is 9.01. The highest BCUT2D eigenvalue weighted by Crippen LogP contribution is 2.61. The highest BCUT2D eigenvalue weighted by Gasteiger charge is 2.56. The molecule has 0 radical (unpaired) electrons. The lowest BCUT2D eigenvalue weighted by Crippen LogP contribution is -2.56. The van der Waals surface area contributed by atoms with E-state index in [0.29, 0.717) is 58.5 Å². The van der Waals surface area contributed by atoms with Gasteiger partial charge in [0.2, 0.25) is 0 Å². The van der Waals surface area contributed by atoms with Gasteiger partial charge in [-0.3, -0.25) is 9.36 Å². The number of hydrogen-bond acceptors (Lipinski definition) is 4. The van der Waals surface area contributed by atoms with E-state index >= 15 is 0 Å². The fourth-order valence-corrected chi connectivity index (χ4v) is 8.56. The van der Waals surface area contributed by atoms with Gasteiger partial charge in [0.15, 0.2) is 5.96 Å². The summed E-state index contributed by atoms with van der Waals surface area (Å²) < 4.78 is 21.2. The average molecular weight is 650 g/mol. The Bertz CT molecular complexity index is 1850. The summed E-state index contributed by atoms with van der Waals surface area (Å²) >= 11 is 0. The molecule has 8 rings (SSSR count). The van der Waals surface area contributed by atoms with Crippen LogP contribution in [-0.4, -0.2) is 46.7 Å². The van der Waals surface area contributed by atoms with Gasteiger partial charge in [0.25, 0.3) is 5.56 Å². The van der Waals surface area contributed by atoms with Crippen molar-refractivity contribution in [2.75, 3.05) is 25.5 Å². The number of likely N-dealkylation sites (tertiary alicyclic amines) is 1. The zero-order valence-corrected chi connectivity index (χ0v) is 28.7. The molecule has 1 N–H and O–H groups in total. The fraction of sp³-hybridized carbons (Fsp3) is 0.475. The van der Waals surface area contributed by atoms with Gasteiger partial charge in [-0.1, -0.05) is 57.2 Å². The molecule has 1 saturated heterocycles.